The van der Waals surface area contributed by atoms with Crippen molar-refractivity contribution in [2.75, 3.05) is 6.61 Å². The van der Waals surface area contributed by atoms with Crippen LogP contribution in [0.2, 0.25) is 5.02 Å². The second-order valence-electron chi connectivity index (χ2n) is 7.01. The molecule has 0 amide bonds. The maximum atomic E-state index is 13.6. The maximum absolute atomic E-state index is 13.6. The molecule has 2 aromatic rings. The van der Waals surface area contributed by atoms with Crippen LogP contribution in [-0.4, -0.2) is 36.3 Å². The fourth-order valence-electron chi connectivity index (χ4n) is 3.11. The summed E-state index contributed by atoms with van der Waals surface area (Å²) >= 11 is 6.06. The first-order chi connectivity index (χ1) is 14.6. The minimum absolute atomic E-state index is 0.106. The highest BCUT2D eigenvalue weighted by atomic mass is 35.5. The van der Waals surface area contributed by atoms with Crippen LogP contribution in [-0.2, 0) is 26.1 Å². The van der Waals surface area contributed by atoms with Crippen LogP contribution in [0.15, 0.2) is 53.4 Å². The number of rotatable bonds is 10. The second-order valence-corrected chi connectivity index (χ2v) is 9.34. The molecule has 2 rings (SSSR count). The van der Waals surface area contributed by atoms with Gasteiger partial charge in [0.05, 0.1) is 16.4 Å². The summed E-state index contributed by atoms with van der Waals surface area (Å²) in [6, 6.07) is 10.2. The van der Waals surface area contributed by atoms with E-state index in [2.05, 4.69) is 0 Å². The Hall–Kier alpha value is -2.49. The zero-order valence-corrected chi connectivity index (χ0v) is 19.1. The normalized spacial score (nSPS) is 13.6. The van der Waals surface area contributed by atoms with Crippen molar-refractivity contribution in [2.45, 2.75) is 44.7 Å². The molecule has 0 saturated carbocycles. The Morgan fingerprint density at radius 1 is 1.19 bits per heavy atom. The molecule has 0 aromatic heterocycles. The van der Waals surface area contributed by atoms with Crippen molar-refractivity contribution in [2.24, 2.45) is 5.92 Å². The molecular weight excluding hydrogens is 444 g/mol. The lowest BCUT2D eigenvalue weighted by Gasteiger charge is -2.33. The number of nitro groups is 1. The van der Waals surface area contributed by atoms with Gasteiger partial charge in [-0.3, -0.25) is 14.9 Å². The standard InChI is InChI=1S/C21H25ClN2O6S/c1-4-15(3)20(21(25)30-5-2)23(14-16-7-6-8-17(22)13-16)31(28,29)19-11-9-18(10-12-19)24(26)27/h6-13,15,20H,4-5,14H2,1-3H3/t15-,20+/m1/s1. The summed E-state index contributed by atoms with van der Waals surface area (Å²) in [5, 5.41) is 11.4. The molecule has 10 heteroatoms. The molecule has 0 fully saturated rings. The fourth-order valence-corrected chi connectivity index (χ4v) is 4.98. The predicted octanol–water partition coefficient (Wildman–Crippen LogP) is 4.42. The topological polar surface area (TPSA) is 107 Å². The first kappa shape index (κ1) is 24.8. The number of halogens is 1. The summed E-state index contributed by atoms with van der Waals surface area (Å²) in [6.07, 6.45) is 0.533. The zero-order valence-electron chi connectivity index (χ0n) is 17.5. The van der Waals surface area contributed by atoms with Gasteiger partial charge in [-0.25, -0.2) is 8.42 Å². The number of sulfonamides is 1. The third kappa shape index (κ3) is 6.03. The van der Waals surface area contributed by atoms with E-state index in [0.29, 0.717) is 17.0 Å². The average molecular weight is 469 g/mol. The molecule has 8 nitrogen and oxygen atoms in total. The first-order valence-electron chi connectivity index (χ1n) is 9.79. The SMILES string of the molecule is CCOC(=O)[C@H]([C@H](C)CC)N(Cc1cccc(Cl)c1)S(=O)(=O)c1ccc([N+](=O)[O-])cc1. The molecule has 0 heterocycles. The van der Waals surface area contributed by atoms with Crippen LogP contribution in [0.3, 0.4) is 0 Å². The molecular formula is C21H25ClN2O6S. The van der Waals surface area contributed by atoms with E-state index >= 15 is 0 Å². The summed E-state index contributed by atoms with van der Waals surface area (Å²) < 4.78 is 33.5. The predicted molar refractivity (Wildman–Crippen MR) is 117 cm³/mol. The summed E-state index contributed by atoms with van der Waals surface area (Å²) in [5.41, 5.74) is 0.361. The van der Waals surface area contributed by atoms with E-state index in [9.17, 15) is 23.3 Å². The van der Waals surface area contributed by atoms with Crippen molar-refractivity contribution < 1.29 is 22.9 Å². The molecule has 0 unspecified atom stereocenters. The number of non-ortho nitro benzene ring substituents is 1. The Morgan fingerprint density at radius 3 is 2.35 bits per heavy atom. The quantitative estimate of drug-likeness (QED) is 0.290. The maximum Gasteiger partial charge on any atom is 0.324 e. The number of benzene rings is 2. The van der Waals surface area contributed by atoms with Crippen LogP contribution >= 0.6 is 11.6 Å². The minimum Gasteiger partial charge on any atom is -0.465 e. The highest BCUT2D eigenvalue weighted by molar-refractivity contribution is 7.89. The molecule has 0 bridgehead atoms. The summed E-state index contributed by atoms with van der Waals surface area (Å²) in [6.45, 7) is 5.27. The van der Waals surface area contributed by atoms with Gasteiger partial charge in [0.15, 0.2) is 0 Å². The van der Waals surface area contributed by atoms with Crippen molar-refractivity contribution in [1.29, 1.82) is 0 Å². The lowest BCUT2D eigenvalue weighted by atomic mass is 9.99. The highest BCUT2D eigenvalue weighted by Crippen LogP contribution is 2.28. The van der Waals surface area contributed by atoms with Gasteiger partial charge in [0.25, 0.3) is 5.69 Å². The Bertz CT molecular complexity index is 1030. The Morgan fingerprint density at radius 2 is 1.84 bits per heavy atom. The monoisotopic (exact) mass is 468 g/mol. The third-order valence-electron chi connectivity index (χ3n) is 4.90. The minimum atomic E-state index is -4.21. The number of hydrogen-bond donors (Lipinski definition) is 0. The summed E-state index contributed by atoms with van der Waals surface area (Å²) in [4.78, 5) is 23.0. The van der Waals surface area contributed by atoms with Gasteiger partial charge in [-0.15, -0.1) is 0 Å². The first-order valence-corrected chi connectivity index (χ1v) is 11.6. The number of carbonyl (C=O) groups is 1. The smallest absolute Gasteiger partial charge is 0.324 e. The number of esters is 1. The Kier molecular flexibility index (Phi) is 8.55. The van der Waals surface area contributed by atoms with E-state index in [4.69, 9.17) is 16.3 Å². The number of nitro benzene ring substituents is 1. The van der Waals surface area contributed by atoms with Gasteiger partial charge in [-0.2, -0.15) is 4.31 Å². The number of hydrogen-bond acceptors (Lipinski definition) is 6. The lowest BCUT2D eigenvalue weighted by molar-refractivity contribution is -0.384. The van der Waals surface area contributed by atoms with E-state index in [1.165, 1.54) is 0 Å². The molecule has 2 atom stereocenters. The Labute approximate surface area is 187 Å². The van der Waals surface area contributed by atoms with Crippen molar-refractivity contribution in [3.05, 3.63) is 69.2 Å². The van der Waals surface area contributed by atoms with E-state index in [1.807, 2.05) is 6.92 Å². The van der Waals surface area contributed by atoms with Crippen LogP contribution in [0.4, 0.5) is 5.69 Å². The van der Waals surface area contributed by atoms with Crippen molar-refractivity contribution >= 4 is 33.3 Å². The zero-order chi connectivity index (χ0) is 23.2. The molecule has 31 heavy (non-hydrogen) atoms. The molecule has 0 spiro atoms. The van der Waals surface area contributed by atoms with E-state index < -0.39 is 27.0 Å². The van der Waals surface area contributed by atoms with Gasteiger partial charge in [-0.05, 0) is 42.7 Å². The van der Waals surface area contributed by atoms with Gasteiger partial charge in [0.1, 0.15) is 6.04 Å². The number of ether oxygens (including phenoxy) is 1. The largest absolute Gasteiger partial charge is 0.465 e. The molecule has 0 aliphatic heterocycles. The Balaban J connectivity index is 2.60. The molecule has 2 aromatic carbocycles. The van der Waals surface area contributed by atoms with Crippen LogP contribution in [0.5, 0.6) is 0 Å². The average Bonchev–Trinajstić information content (AvgIpc) is 2.73. The van der Waals surface area contributed by atoms with Crippen molar-refractivity contribution in [3.8, 4) is 0 Å². The molecule has 0 aliphatic carbocycles. The molecule has 0 radical (unpaired) electrons. The molecule has 0 saturated heterocycles. The van der Waals surface area contributed by atoms with Crippen molar-refractivity contribution in [3.63, 3.8) is 0 Å². The summed E-state index contributed by atoms with van der Waals surface area (Å²) in [5.74, 6) is -0.990. The van der Waals surface area contributed by atoms with Gasteiger partial charge in [0.2, 0.25) is 10.0 Å². The second kappa shape index (κ2) is 10.7. The number of carbonyl (C=O) groups excluding carboxylic acids is 1. The van der Waals surface area contributed by atoms with Crippen LogP contribution in [0, 0.1) is 16.0 Å². The van der Waals surface area contributed by atoms with Crippen LogP contribution < -0.4 is 0 Å². The third-order valence-corrected chi connectivity index (χ3v) is 6.98. The molecule has 0 N–H and O–H groups in total. The van der Waals surface area contributed by atoms with E-state index in [-0.39, 0.29) is 29.7 Å². The molecule has 168 valence electrons. The van der Waals surface area contributed by atoms with E-state index in [0.717, 1.165) is 28.6 Å². The van der Waals surface area contributed by atoms with Gasteiger partial charge in [0, 0.05) is 23.7 Å². The number of nitrogens with zero attached hydrogens (tertiary/aromatic N) is 2. The van der Waals surface area contributed by atoms with Crippen LogP contribution in [0.25, 0.3) is 0 Å². The fraction of sp³-hybridized carbons (Fsp3) is 0.381. The van der Waals surface area contributed by atoms with Gasteiger partial charge in [-0.1, -0.05) is 44.0 Å². The lowest BCUT2D eigenvalue weighted by Crippen LogP contribution is -2.48. The summed E-state index contributed by atoms with van der Waals surface area (Å²) in [7, 11) is -4.21. The van der Waals surface area contributed by atoms with Crippen molar-refractivity contribution in [1.82, 2.24) is 4.31 Å². The van der Waals surface area contributed by atoms with Gasteiger partial charge >= 0.3 is 5.97 Å². The van der Waals surface area contributed by atoms with E-state index in [1.54, 1.807) is 38.1 Å². The van der Waals surface area contributed by atoms with Gasteiger partial charge < -0.3 is 4.74 Å². The highest BCUT2D eigenvalue weighted by Gasteiger charge is 2.40. The molecule has 0 aliphatic rings. The van der Waals surface area contributed by atoms with Crippen LogP contribution in [0.1, 0.15) is 32.8 Å².